The van der Waals surface area contributed by atoms with Crippen molar-refractivity contribution in [1.82, 2.24) is 0 Å². The maximum absolute atomic E-state index is 8.91. The maximum Gasteiger partial charge on any atom is 0.0604 e. The molecule has 0 spiro atoms. The monoisotopic (exact) mass is 242 g/mol. The molecular formula is C15H18N2O. The first-order valence-corrected chi connectivity index (χ1v) is 6.02. The van der Waals surface area contributed by atoms with Crippen molar-refractivity contribution in [2.24, 2.45) is 0 Å². The maximum atomic E-state index is 8.91. The summed E-state index contributed by atoms with van der Waals surface area (Å²) in [4.78, 5) is 0. The Labute approximate surface area is 107 Å². The van der Waals surface area contributed by atoms with Gasteiger partial charge in [-0.1, -0.05) is 24.3 Å². The molecule has 0 aliphatic carbocycles. The molecule has 0 atom stereocenters. The zero-order chi connectivity index (χ0) is 13.0. The molecule has 2 aromatic rings. The van der Waals surface area contributed by atoms with Crippen LogP contribution >= 0.6 is 0 Å². The Bertz CT molecular complexity index is 538. The number of rotatable bonds is 4. The van der Waals surface area contributed by atoms with Crippen molar-refractivity contribution < 1.29 is 5.11 Å². The number of aryl methyl sites for hydroxylation is 1. The molecule has 0 aliphatic rings. The van der Waals surface area contributed by atoms with Crippen LogP contribution in [0, 0.1) is 6.92 Å². The van der Waals surface area contributed by atoms with E-state index >= 15 is 0 Å². The zero-order valence-electron chi connectivity index (χ0n) is 10.5. The second-order valence-electron chi connectivity index (χ2n) is 4.27. The summed E-state index contributed by atoms with van der Waals surface area (Å²) in [6, 6.07) is 14.0. The molecule has 0 aliphatic heterocycles. The minimum absolute atomic E-state index is 0.109. The Hall–Kier alpha value is -2.00. The van der Waals surface area contributed by atoms with E-state index in [2.05, 4.69) is 24.4 Å². The third-order valence-corrected chi connectivity index (χ3v) is 2.91. The molecule has 0 saturated carbocycles. The molecule has 0 radical (unpaired) electrons. The number of anilines is 2. The van der Waals surface area contributed by atoms with Crippen molar-refractivity contribution >= 4 is 11.4 Å². The lowest BCUT2D eigenvalue weighted by molar-refractivity contribution is 0.311. The highest BCUT2D eigenvalue weighted by atomic mass is 16.3. The lowest BCUT2D eigenvalue weighted by Crippen LogP contribution is -2.07. The fourth-order valence-electron chi connectivity index (χ4n) is 2.00. The van der Waals surface area contributed by atoms with Crippen LogP contribution in [0.4, 0.5) is 11.4 Å². The number of aliphatic hydroxyl groups is 1. The van der Waals surface area contributed by atoms with Crippen LogP contribution in [0.25, 0.3) is 11.1 Å². The third kappa shape index (κ3) is 2.63. The van der Waals surface area contributed by atoms with E-state index in [-0.39, 0.29) is 6.61 Å². The smallest absolute Gasteiger partial charge is 0.0604 e. The van der Waals surface area contributed by atoms with Crippen molar-refractivity contribution in [2.75, 3.05) is 24.2 Å². The highest BCUT2D eigenvalue weighted by Gasteiger charge is 2.07. The number of nitrogens with two attached hydrogens (primary N) is 1. The lowest BCUT2D eigenvalue weighted by atomic mass is 9.98. The van der Waals surface area contributed by atoms with Crippen LogP contribution < -0.4 is 11.1 Å². The van der Waals surface area contributed by atoms with Crippen molar-refractivity contribution in [1.29, 1.82) is 0 Å². The Kier molecular flexibility index (Phi) is 3.85. The van der Waals surface area contributed by atoms with E-state index in [1.807, 2.05) is 30.3 Å². The Morgan fingerprint density at radius 3 is 2.61 bits per heavy atom. The Morgan fingerprint density at radius 1 is 1.11 bits per heavy atom. The summed E-state index contributed by atoms with van der Waals surface area (Å²) in [6.07, 6.45) is 0. The first-order chi connectivity index (χ1) is 8.72. The first kappa shape index (κ1) is 12.5. The van der Waals surface area contributed by atoms with Crippen LogP contribution in [0.5, 0.6) is 0 Å². The van der Waals surface area contributed by atoms with E-state index in [0.717, 1.165) is 22.5 Å². The molecule has 94 valence electrons. The molecule has 2 rings (SSSR count). The van der Waals surface area contributed by atoms with Gasteiger partial charge in [0.2, 0.25) is 0 Å². The van der Waals surface area contributed by atoms with E-state index in [0.29, 0.717) is 6.54 Å². The molecule has 4 N–H and O–H groups in total. The lowest BCUT2D eigenvalue weighted by Gasteiger charge is -2.14. The topological polar surface area (TPSA) is 58.3 Å². The van der Waals surface area contributed by atoms with E-state index in [1.54, 1.807) is 0 Å². The summed E-state index contributed by atoms with van der Waals surface area (Å²) in [5, 5.41) is 12.1. The molecule has 0 bridgehead atoms. The van der Waals surface area contributed by atoms with Gasteiger partial charge in [-0.3, -0.25) is 0 Å². The molecule has 3 heteroatoms. The van der Waals surface area contributed by atoms with Gasteiger partial charge >= 0.3 is 0 Å². The van der Waals surface area contributed by atoms with Crippen LogP contribution in [0.2, 0.25) is 0 Å². The summed E-state index contributed by atoms with van der Waals surface area (Å²) >= 11 is 0. The molecule has 0 unspecified atom stereocenters. The fraction of sp³-hybridized carbons (Fsp3) is 0.200. The molecule has 0 amide bonds. The first-order valence-electron chi connectivity index (χ1n) is 6.02. The van der Waals surface area contributed by atoms with E-state index in [1.165, 1.54) is 5.56 Å². The number of nitrogens with one attached hydrogen (secondary N) is 1. The van der Waals surface area contributed by atoms with E-state index < -0.39 is 0 Å². The largest absolute Gasteiger partial charge is 0.399 e. The summed E-state index contributed by atoms with van der Waals surface area (Å²) in [5.41, 5.74) is 11.0. The van der Waals surface area contributed by atoms with E-state index in [9.17, 15) is 0 Å². The predicted molar refractivity (Wildman–Crippen MR) is 76.6 cm³/mol. The fourth-order valence-corrected chi connectivity index (χ4v) is 2.00. The number of nitrogen functional groups attached to an aromatic ring is 1. The molecule has 0 saturated heterocycles. The summed E-state index contributed by atoms with van der Waals surface area (Å²) in [7, 11) is 0. The van der Waals surface area contributed by atoms with Crippen molar-refractivity contribution in [3.8, 4) is 11.1 Å². The van der Waals surface area contributed by atoms with Gasteiger partial charge in [-0.25, -0.2) is 0 Å². The minimum atomic E-state index is 0.109. The number of hydrogen-bond acceptors (Lipinski definition) is 3. The molecule has 18 heavy (non-hydrogen) atoms. The molecular weight excluding hydrogens is 224 g/mol. The highest BCUT2D eigenvalue weighted by molar-refractivity contribution is 5.82. The Morgan fingerprint density at radius 2 is 1.89 bits per heavy atom. The highest BCUT2D eigenvalue weighted by Crippen LogP contribution is 2.32. The second kappa shape index (κ2) is 5.56. The average molecular weight is 242 g/mol. The average Bonchev–Trinajstić information content (AvgIpc) is 2.38. The summed E-state index contributed by atoms with van der Waals surface area (Å²) < 4.78 is 0. The molecule has 2 aromatic carbocycles. The molecule has 0 aromatic heterocycles. The summed E-state index contributed by atoms with van der Waals surface area (Å²) in [5.74, 6) is 0. The molecule has 3 nitrogen and oxygen atoms in total. The van der Waals surface area contributed by atoms with Crippen LogP contribution in [0.15, 0.2) is 42.5 Å². The molecule has 0 heterocycles. The minimum Gasteiger partial charge on any atom is -0.399 e. The van der Waals surface area contributed by atoms with E-state index in [4.69, 9.17) is 10.8 Å². The second-order valence-corrected chi connectivity index (χ2v) is 4.27. The van der Waals surface area contributed by atoms with Gasteiger partial charge in [0.05, 0.1) is 6.61 Å². The number of hydrogen-bond donors (Lipinski definition) is 3. The number of aliphatic hydroxyl groups excluding tert-OH is 1. The van der Waals surface area contributed by atoms with Crippen LogP contribution in [-0.4, -0.2) is 18.3 Å². The molecule has 0 fully saturated rings. The van der Waals surface area contributed by atoms with Gasteiger partial charge in [0.15, 0.2) is 0 Å². The van der Waals surface area contributed by atoms with Crippen LogP contribution in [0.1, 0.15) is 5.56 Å². The van der Waals surface area contributed by atoms with Crippen LogP contribution in [0.3, 0.4) is 0 Å². The van der Waals surface area contributed by atoms with Gasteiger partial charge in [-0.15, -0.1) is 0 Å². The number of benzene rings is 2. The van der Waals surface area contributed by atoms with Gasteiger partial charge in [0.1, 0.15) is 0 Å². The van der Waals surface area contributed by atoms with Gasteiger partial charge in [0, 0.05) is 23.5 Å². The predicted octanol–water partition coefficient (Wildman–Crippen LogP) is 2.65. The third-order valence-electron chi connectivity index (χ3n) is 2.91. The van der Waals surface area contributed by atoms with Crippen molar-refractivity contribution in [3.05, 3.63) is 48.0 Å². The standard InChI is InChI=1S/C15H18N2O/c1-11-4-2-3-5-13(11)14-10-12(16)6-7-15(14)17-8-9-18/h2-7,10,17-18H,8-9,16H2,1H3. The quantitative estimate of drug-likeness (QED) is 0.722. The Balaban J connectivity index is 2.48. The van der Waals surface area contributed by atoms with Gasteiger partial charge < -0.3 is 16.2 Å². The van der Waals surface area contributed by atoms with Gasteiger partial charge in [-0.05, 0) is 36.2 Å². The van der Waals surface area contributed by atoms with Gasteiger partial charge in [-0.2, -0.15) is 0 Å². The van der Waals surface area contributed by atoms with Crippen molar-refractivity contribution in [2.45, 2.75) is 6.92 Å². The summed E-state index contributed by atoms with van der Waals surface area (Å²) in [6.45, 7) is 2.72. The van der Waals surface area contributed by atoms with Crippen LogP contribution in [-0.2, 0) is 0 Å². The SMILES string of the molecule is Cc1ccccc1-c1cc(N)ccc1NCCO. The van der Waals surface area contributed by atoms with Gasteiger partial charge in [0.25, 0.3) is 0 Å². The normalized spacial score (nSPS) is 10.3. The zero-order valence-corrected chi connectivity index (χ0v) is 10.5. The van der Waals surface area contributed by atoms with Crippen molar-refractivity contribution in [3.63, 3.8) is 0 Å².